The minimum Gasteiger partial charge on any atom is -0.507 e. The number of carbonyl (C=O) groups excluding carboxylic acids is 1. The normalized spacial score (nSPS) is 31.9. The lowest BCUT2D eigenvalue weighted by atomic mass is 9.76. The van der Waals surface area contributed by atoms with Crippen molar-refractivity contribution in [3.8, 4) is 5.75 Å². The summed E-state index contributed by atoms with van der Waals surface area (Å²) >= 11 is 0. The SMILES string of the molecule is CC[C@H](C)C[C@@H](C)/C=C(\C)[C@@H]1O[C@H](c2c(O)c([C@@]3(O)CCC(=O)C[C@@H]3O)cn(C)c2=O)CC[C@H]1C. The molecule has 3 rings (SSSR count). The van der Waals surface area contributed by atoms with Crippen LogP contribution in [0.5, 0.6) is 5.75 Å². The summed E-state index contributed by atoms with van der Waals surface area (Å²) in [6, 6.07) is 0. The highest BCUT2D eigenvalue weighted by Crippen LogP contribution is 2.45. The van der Waals surface area contributed by atoms with E-state index >= 15 is 0 Å². The lowest BCUT2D eigenvalue weighted by Crippen LogP contribution is -2.46. The lowest BCUT2D eigenvalue weighted by Gasteiger charge is -2.39. The number of aliphatic hydroxyl groups excluding tert-OH is 1. The van der Waals surface area contributed by atoms with E-state index in [0.29, 0.717) is 18.3 Å². The number of rotatable bonds is 7. The number of ether oxygens (including phenoxy) is 1. The van der Waals surface area contributed by atoms with Crippen LogP contribution in [0.25, 0.3) is 0 Å². The van der Waals surface area contributed by atoms with Crippen molar-refractivity contribution in [3.63, 3.8) is 0 Å². The van der Waals surface area contributed by atoms with Gasteiger partial charge in [0.1, 0.15) is 17.1 Å². The average molecular weight is 490 g/mol. The third kappa shape index (κ3) is 5.73. The van der Waals surface area contributed by atoms with E-state index in [1.807, 2.05) is 0 Å². The van der Waals surface area contributed by atoms with Gasteiger partial charge in [0, 0.05) is 31.6 Å². The van der Waals surface area contributed by atoms with Crippen LogP contribution in [0.4, 0.5) is 0 Å². The third-order valence-corrected chi connectivity index (χ3v) is 8.11. The van der Waals surface area contributed by atoms with Crippen molar-refractivity contribution in [2.75, 3.05) is 0 Å². The summed E-state index contributed by atoms with van der Waals surface area (Å²) in [5, 5.41) is 33.1. The topological polar surface area (TPSA) is 109 Å². The van der Waals surface area contributed by atoms with E-state index in [2.05, 4.69) is 40.7 Å². The van der Waals surface area contributed by atoms with Crippen LogP contribution in [0.15, 0.2) is 22.6 Å². The molecule has 1 aliphatic heterocycles. The number of ketones is 1. The average Bonchev–Trinajstić information content (AvgIpc) is 2.79. The minimum atomic E-state index is -1.80. The van der Waals surface area contributed by atoms with Gasteiger partial charge in [0.15, 0.2) is 0 Å². The zero-order valence-corrected chi connectivity index (χ0v) is 22.1. The molecule has 7 nitrogen and oxygen atoms in total. The highest BCUT2D eigenvalue weighted by molar-refractivity contribution is 5.80. The summed E-state index contributed by atoms with van der Waals surface area (Å²) in [5.74, 6) is 0.849. The Hall–Kier alpha value is -1.96. The highest BCUT2D eigenvalue weighted by atomic mass is 16.5. The fraction of sp³-hybridized carbons (Fsp3) is 0.714. The zero-order chi connectivity index (χ0) is 26.1. The van der Waals surface area contributed by atoms with Gasteiger partial charge in [-0.3, -0.25) is 9.59 Å². The fourth-order valence-electron chi connectivity index (χ4n) is 5.78. The molecular weight excluding hydrogens is 446 g/mol. The lowest BCUT2D eigenvalue weighted by molar-refractivity contribution is -0.143. The number of allylic oxidation sites excluding steroid dienone is 1. The molecule has 2 heterocycles. The van der Waals surface area contributed by atoms with Gasteiger partial charge in [0.05, 0.1) is 23.9 Å². The van der Waals surface area contributed by atoms with Crippen LogP contribution in [0.3, 0.4) is 0 Å². The van der Waals surface area contributed by atoms with E-state index in [4.69, 9.17) is 4.74 Å². The Labute approximate surface area is 208 Å². The van der Waals surface area contributed by atoms with Crippen LogP contribution in [-0.4, -0.2) is 37.9 Å². The predicted octanol–water partition coefficient (Wildman–Crippen LogP) is 4.27. The van der Waals surface area contributed by atoms with Crippen LogP contribution >= 0.6 is 0 Å². The number of carbonyl (C=O) groups is 1. The second-order valence-corrected chi connectivity index (χ2v) is 11.1. The van der Waals surface area contributed by atoms with Crippen LogP contribution in [-0.2, 0) is 22.2 Å². The number of aromatic nitrogens is 1. The molecule has 0 unspecified atom stereocenters. The molecule has 2 fully saturated rings. The maximum atomic E-state index is 13.2. The Morgan fingerprint density at radius 1 is 1.31 bits per heavy atom. The second kappa shape index (κ2) is 11.0. The molecule has 1 aliphatic carbocycles. The summed E-state index contributed by atoms with van der Waals surface area (Å²) in [6.45, 7) is 10.9. The van der Waals surface area contributed by atoms with E-state index in [1.54, 1.807) is 7.05 Å². The Morgan fingerprint density at radius 2 is 2.00 bits per heavy atom. The van der Waals surface area contributed by atoms with Gasteiger partial charge in [0.2, 0.25) is 0 Å². The van der Waals surface area contributed by atoms with Gasteiger partial charge in [0.25, 0.3) is 5.56 Å². The Morgan fingerprint density at radius 3 is 2.63 bits per heavy atom. The van der Waals surface area contributed by atoms with Crippen molar-refractivity contribution in [2.24, 2.45) is 24.8 Å². The largest absolute Gasteiger partial charge is 0.507 e. The van der Waals surface area contributed by atoms with Crippen molar-refractivity contribution in [1.29, 1.82) is 0 Å². The van der Waals surface area contributed by atoms with Crippen molar-refractivity contribution in [2.45, 2.75) is 103 Å². The molecule has 196 valence electrons. The quantitative estimate of drug-likeness (QED) is 0.494. The standard InChI is InChI=1S/C28H43NO6/c1-7-16(2)12-17(3)13-19(5)26-18(4)8-9-22(35-26)24-25(32)21(15-29(6)27(24)33)28(34)11-10-20(30)14-23(28)31/h13,15-18,22-23,26,31-32,34H,7-12,14H2,1-6H3/b19-13+/t16-,17+,18+,22-,23-,26+,28-/m0/s1. The number of Topliss-reactive ketones (excluding diaryl/α,β-unsaturated/α-hetero) is 1. The third-order valence-electron chi connectivity index (χ3n) is 8.11. The van der Waals surface area contributed by atoms with Crippen molar-refractivity contribution in [3.05, 3.63) is 39.3 Å². The summed E-state index contributed by atoms with van der Waals surface area (Å²) in [6.07, 6.45) is 5.01. The molecule has 35 heavy (non-hydrogen) atoms. The first-order valence-electron chi connectivity index (χ1n) is 13.1. The van der Waals surface area contributed by atoms with Gasteiger partial charge in [-0.1, -0.05) is 40.2 Å². The first-order chi connectivity index (χ1) is 16.4. The first-order valence-corrected chi connectivity index (χ1v) is 13.1. The van der Waals surface area contributed by atoms with Gasteiger partial charge in [-0.25, -0.2) is 0 Å². The molecule has 0 bridgehead atoms. The summed E-state index contributed by atoms with van der Waals surface area (Å²) < 4.78 is 7.79. The summed E-state index contributed by atoms with van der Waals surface area (Å²) in [7, 11) is 1.56. The first kappa shape index (κ1) is 27.6. The van der Waals surface area contributed by atoms with E-state index < -0.39 is 17.8 Å². The van der Waals surface area contributed by atoms with Gasteiger partial charge in [-0.15, -0.1) is 0 Å². The molecule has 1 saturated heterocycles. The van der Waals surface area contributed by atoms with E-state index in [0.717, 1.165) is 24.8 Å². The smallest absolute Gasteiger partial charge is 0.259 e. The monoisotopic (exact) mass is 489 g/mol. The molecule has 7 heteroatoms. The van der Waals surface area contributed by atoms with E-state index in [1.165, 1.54) is 10.8 Å². The van der Waals surface area contributed by atoms with Gasteiger partial charge in [-0.2, -0.15) is 0 Å². The number of pyridine rings is 1. The van der Waals surface area contributed by atoms with Crippen LogP contribution in [0, 0.1) is 17.8 Å². The molecule has 0 aromatic carbocycles. The van der Waals surface area contributed by atoms with Crippen molar-refractivity contribution in [1.82, 2.24) is 4.57 Å². The number of hydrogen-bond acceptors (Lipinski definition) is 6. The van der Waals surface area contributed by atoms with E-state index in [-0.39, 0.29) is 59.5 Å². The van der Waals surface area contributed by atoms with Crippen LogP contribution in [0.1, 0.15) is 96.8 Å². The number of aromatic hydroxyl groups is 1. The zero-order valence-electron chi connectivity index (χ0n) is 22.1. The van der Waals surface area contributed by atoms with Crippen molar-refractivity contribution >= 4 is 5.78 Å². The number of aryl methyl sites for hydroxylation is 1. The Balaban J connectivity index is 1.95. The molecule has 0 amide bonds. The Bertz CT molecular complexity index is 1010. The number of nitrogens with zero attached hydrogens (tertiary/aromatic N) is 1. The molecule has 1 saturated carbocycles. The minimum absolute atomic E-state index is 0.0146. The maximum Gasteiger partial charge on any atom is 0.259 e. The maximum absolute atomic E-state index is 13.2. The fourth-order valence-corrected chi connectivity index (χ4v) is 5.78. The van der Waals surface area contributed by atoms with Crippen LogP contribution in [0.2, 0.25) is 0 Å². The molecule has 3 N–H and O–H groups in total. The predicted molar refractivity (Wildman–Crippen MR) is 135 cm³/mol. The van der Waals surface area contributed by atoms with Crippen molar-refractivity contribution < 1.29 is 24.9 Å². The van der Waals surface area contributed by atoms with Gasteiger partial charge < -0.3 is 24.6 Å². The molecule has 0 radical (unpaired) electrons. The van der Waals surface area contributed by atoms with Gasteiger partial charge in [-0.05, 0) is 55.9 Å². The summed E-state index contributed by atoms with van der Waals surface area (Å²) in [5.41, 5.74) is -0.879. The van der Waals surface area contributed by atoms with E-state index in [9.17, 15) is 24.9 Å². The molecule has 2 aliphatic rings. The number of aliphatic hydroxyl groups is 2. The molecular formula is C28H43NO6. The Kier molecular flexibility index (Phi) is 8.66. The molecule has 0 spiro atoms. The molecule has 1 aromatic rings. The molecule has 1 aromatic heterocycles. The second-order valence-electron chi connectivity index (χ2n) is 11.1. The summed E-state index contributed by atoms with van der Waals surface area (Å²) in [4.78, 5) is 24.9. The highest BCUT2D eigenvalue weighted by Gasteiger charge is 2.46. The number of hydrogen-bond donors (Lipinski definition) is 3. The molecule has 7 atom stereocenters. The van der Waals surface area contributed by atoms with Gasteiger partial charge >= 0.3 is 0 Å². The van der Waals surface area contributed by atoms with Crippen LogP contribution < -0.4 is 5.56 Å².